The van der Waals surface area contributed by atoms with Crippen molar-refractivity contribution in [2.24, 2.45) is 5.92 Å². The number of hydrogen-bond acceptors (Lipinski definition) is 7. The molecule has 3 heterocycles. The normalized spacial score (nSPS) is 25.3. The van der Waals surface area contributed by atoms with E-state index in [1.807, 2.05) is 30.3 Å². The number of carbonyl (C=O) groups excluding carboxylic acids is 1. The lowest BCUT2D eigenvalue weighted by Gasteiger charge is -2.43. The summed E-state index contributed by atoms with van der Waals surface area (Å²) in [6.07, 6.45) is -0.0707. The van der Waals surface area contributed by atoms with E-state index in [1.54, 1.807) is 0 Å². The number of nitrogens with zero attached hydrogens (tertiary/aromatic N) is 3. The van der Waals surface area contributed by atoms with Crippen LogP contribution in [-0.4, -0.2) is 63.4 Å². The number of carbonyl (C=O) groups is 1. The summed E-state index contributed by atoms with van der Waals surface area (Å²) in [6.45, 7) is 0.863. The second kappa shape index (κ2) is 11.1. The van der Waals surface area contributed by atoms with Gasteiger partial charge in [0.15, 0.2) is 5.69 Å². The molecule has 2 fully saturated rings. The fraction of sp³-hybridized carbons (Fsp3) is 0.393. The van der Waals surface area contributed by atoms with Crippen LogP contribution >= 0.6 is 0 Å². The highest BCUT2D eigenvalue weighted by atomic mass is 19.1. The van der Waals surface area contributed by atoms with E-state index in [1.165, 1.54) is 29.2 Å². The van der Waals surface area contributed by atoms with Crippen molar-refractivity contribution in [2.75, 3.05) is 31.9 Å². The van der Waals surface area contributed by atoms with E-state index in [4.69, 9.17) is 10.5 Å². The van der Waals surface area contributed by atoms with Crippen molar-refractivity contribution in [3.8, 4) is 11.6 Å². The third-order valence-electron chi connectivity index (χ3n) is 7.63. The molecule has 5 rings (SSSR count). The maximum absolute atomic E-state index is 15.5. The van der Waals surface area contributed by atoms with Gasteiger partial charge in [-0.15, -0.1) is 0 Å². The number of alkyl halides is 1. The number of piperidine rings is 2. The molecule has 0 saturated carbocycles. The lowest BCUT2D eigenvalue weighted by molar-refractivity contribution is -0.148. The molecule has 4 atom stereocenters. The number of nitrogen functional groups attached to an aromatic ring is 1. The zero-order chi connectivity index (χ0) is 27.6. The molecule has 1 unspecified atom stereocenters. The van der Waals surface area contributed by atoms with Crippen molar-refractivity contribution in [3.05, 3.63) is 82.7 Å². The summed E-state index contributed by atoms with van der Waals surface area (Å²) in [5.41, 5.74) is 4.06. The van der Waals surface area contributed by atoms with Crippen molar-refractivity contribution in [3.63, 3.8) is 0 Å². The van der Waals surface area contributed by atoms with Crippen molar-refractivity contribution in [1.82, 2.24) is 19.8 Å². The predicted molar refractivity (Wildman–Crippen MR) is 141 cm³/mol. The summed E-state index contributed by atoms with van der Waals surface area (Å²) >= 11 is 0. The Balaban J connectivity index is 1.26. The summed E-state index contributed by atoms with van der Waals surface area (Å²) in [7, 11) is 0. The third-order valence-corrected chi connectivity index (χ3v) is 7.63. The highest BCUT2D eigenvalue weighted by Gasteiger charge is 2.46. The molecule has 2 aliphatic rings. The Morgan fingerprint density at radius 1 is 1.21 bits per heavy atom. The molecule has 2 aromatic carbocycles. The fourth-order valence-corrected chi connectivity index (χ4v) is 5.35. The topological polar surface area (TPSA) is 123 Å². The van der Waals surface area contributed by atoms with Gasteiger partial charge in [-0.3, -0.25) is 14.2 Å². The van der Waals surface area contributed by atoms with Gasteiger partial charge in [0.2, 0.25) is 11.8 Å². The summed E-state index contributed by atoms with van der Waals surface area (Å²) in [6, 6.07) is 14.9. The van der Waals surface area contributed by atoms with Crippen LogP contribution in [0.2, 0.25) is 0 Å². The molecule has 1 amide bonds. The van der Waals surface area contributed by atoms with Gasteiger partial charge in [0.25, 0.3) is 5.56 Å². The molecule has 9 nitrogen and oxygen atoms in total. The Hall–Kier alpha value is -3.83. The quantitative estimate of drug-likeness (QED) is 0.440. The molecule has 1 aromatic heterocycles. The second-order valence-corrected chi connectivity index (χ2v) is 10.2. The Kier molecular flexibility index (Phi) is 7.62. The first-order valence-electron chi connectivity index (χ1n) is 12.9. The largest absolute Gasteiger partial charge is 0.437 e. The molecular weight excluding hydrogens is 508 g/mol. The van der Waals surface area contributed by atoms with Crippen LogP contribution in [0.25, 0.3) is 0 Å². The molecule has 0 spiro atoms. The van der Waals surface area contributed by atoms with Crippen LogP contribution in [0.3, 0.4) is 0 Å². The van der Waals surface area contributed by atoms with Crippen LogP contribution in [0.1, 0.15) is 24.3 Å². The molecule has 206 valence electrons. The Morgan fingerprint density at radius 2 is 1.95 bits per heavy atom. The maximum atomic E-state index is 15.5. The highest BCUT2D eigenvalue weighted by Crippen LogP contribution is 2.34. The molecule has 4 N–H and O–H groups in total. The fourth-order valence-electron chi connectivity index (χ4n) is 5.35. The summed E-state index contributed by atoms with van der Waals surface area (Å²) < 4.78 is 35.1. The van der Waals surface area contributed by atoms with E-state index < -0.39 is 23.1 Å². The van der Waals surface area contributed by atoms with Crippen LogP contribution in [0.4, 0.5) is 14.5 Å². The van der Waals surface area contributed by atoms with Crippen molar-refractivity contribution in [2.45, 2.75) is 37.1 Å². The minimum Gasteiger partial charge on any atom is -0.437 e. The van der Waals surface area contributed by atoms with Crippen LogP contribution < -0.4 is 21.3 Å². The molecule has 0 bridgehead atoms. The number of nitrogens with one attached hydrogen (secondary N) is 1. The van der Waals surface area contributed by atoms with Crippen molar-refractivity contribution < 1.29 is 23.4 Å². The van der Waals surface area contributed by atoms with Crippen LogP contribution in [0.5, 0.6) is 11.6 Å². The summed E-state index contributed by atoms with van der Waals surface area (Å²) in [5, 5.41) is 14.5. The van der Waals surface area contributed by atoms with E-state index in [9.17, 15) is 19.1 Å². The number of aliphatic hydroxyl groups is 1. The van der Waals surface area contributed by atoms with Gasteiger partial charge in [0, 0.05) is 24.9 Å². The van der Waals surface area contributed by atoms with E-state index in [-0.39, 0.29) is 61.1 Å². The van der Waals surface area contributed by atoms with Gasteiger partial charge in [-0.05, 0) is 49.2 Å². The molecule has 2 saturated heterocycles. The second-order valence-electron chi connectivity index (χ2n) is 10.2. The number of rotatable bonds is 6. The number of halogens is 2. The van der Waals surface area contributed by atoms with Gasteiger partial charge in [0.05, 0.1) is 13.1 Å². The number of anilines is 1. The number of amides is 1. The first-order chi connectivity index (χ1) is 18.7. The number of ether oxygens (including phenoxy) is 1. The summed E-state index contributed by atoms with van der Waals surface area (Å²) in [5.74, 6) is -0.827. The van der Waals surface area contributed by atoms with Gasteiger partial charge in [0.1, 0.15) is 29.7 Å². The lowest BCUT2D eigenvalue weighted by atomic mass is 9.79. The van der Waals surface area contributed by atoms with Crippen molar-refractivity contribution in [1.29, 1.82) is 0 Å². The van der Waals surface area contributed by atoms with Gasteiger partial charge in [-0.25, -0.2) is 13.8 Å². The van der Waals surface area contributed by atoms with Gasteiger partial charge in [-0.1, -0.05) is 30.3 Å². The van der Waals surface area contributed by atoms with Crippen LogP contribution in [0.15, 0.2) is 65.7 Å². The first kappa shape index (κ1) is 26.8. The average Bonchev–Trinajstić information content (AvgIpc) is 2.95. The third kappa shape index (κ3) is 5.64. The number of nitrogens with two attached hydrogens (primary N) is 1. The van der Waals surface area contributed by atoms with Crippen LogP contribution in [0, 0.1) is 11.7 Å². The predicted octanol–water partition coefficient (Wildman–Crippen LogP) is 2.45. The minimum absolute atomic E-state index is 0.0189. The van der Waals surface area contributed by atoms with Gasteiger partial charge < -0.3 is 25.8 Å². The molecule has 39 heavy (non-hydrogen) atoms. The minimum atomic E-state index is -1.89. The maximum Gasteiger partial charge on any atom is 0.280 e. The number of benzene rings is 2. The van der Waals surface area contributed by atoms with E-state index in [2.05, 4.69) is 10.3 Å². The Labute approximate surface area is 224 Å². The smallest absolute Gasteiger partial charge is 0.280 e. The number of likely N-dealkylation sites (tertiary alicyclic amines) is 1. The Morgan fingerprint density at radius 3 is 2.67 bits per heavy atom. The van der Waals surface area contributed by atoms with E-state index in [0.29, 0.717) is 19.5 Å². The monoisotopic (exact) mass is 539 g/mol. The molecule has 2 aliphatic heterocycles. The van der Waals surface area contributed by atoms with Crippen LogP contribution in [-0.2, 0) is 11.3 Å². The van der Waals surface area contributed by atoms with E-state index in [0.717, 1.165) is 16.5 Å². The van der Waals surface area contributed by atoms with Gasteiger partial charge >= 0.3 is 0 Å². The molecule has 11 heteroatoms. The average molecular weight is 540 g/mol. The molecular formula is C28H31F2N5O4. The highest BCUT2D eigenvalue weighted by molar-refractivity contribution is 5.80. The zero-order valence-electron chi connectivity index (χ0n) is 21.3. The SMILES string of the molecule is Nc1c(Oc2ccc(F)cc2)ncn(CC2(O)CCN(C(=O)[C@@H]3CCNC[C@H]3c3ccccc3)C[C@H]2F)c1=O. The standard InChI is InChI=1S/C28H31F2N5O4/c29-19-6-8-20(9-7-19)39-25-24(31)27(37)35(17-33-25)16-28(38)11-13-34(15-23(28)30)26(36)21-10-12-32-14-22(21)18-4-2-1-3-5-18/h1-9,17,21-23,32,38H,10-16,31H2/t21-,22+,23-,28?/m1/s1. The number of hydrogen-bond donors (Lipinski definition) is 3. The zero-order valence-corrected chi connectivity index (χ0v) is 21.3. The lowest BCUT2D eigenvalue weighted by Crippen LogP contribution is -2.59. The van der Waals surface area contributed by atoms with Crippen molar-refractivity contribution >= 4 is 11.6 Å². The number of aromatic nitrogens is 2. The van der Waals surface area contributed by atoms with E-state index >= 15 is 4.39 Å². The van der Waals surface area contributed by atoms with Gasteiger partial charge in [-0.2, -0.15) is 0 Å². The molecule has 3 aromatic rings. The molecule has 0 radical (unpaired) electrons. The molecule has 0 aliphatic carbocycles. The Bertz CT molecular complexity index is 1370. The summed E-state index contributed by atoms with van der Waals surface area (Å²) in [4.78, 5) is 31.9. The first-order valence-corrected chi connectivity index (χ1v) is 12.9.